The largest absolute Gasteiger partial charge is 2.00 e. The average molecular weight is 352 g/mol. The van der Waals surface area contributed by atoms with Gasteiger partial charge in [-0.15, -0.1) is 0 Å². The van der Waals surface area contributed by atoms with Crippen LogP contribution in [0.5, 0.6) is 0 Å². The Hall–Kier alpha value is -2.26. The number of hydrogen-bond acceptors (Lipinski definition) is 8. The molecule has 0 unspecified atom stereocenters. The van der Waals surface area contributed by atoms with Crippen LogP contribution in [-0.4, -0.2) is 21.4 Å². The number of nitro groups is 2. The Morgan fingerprint density at radius 1 is 0.714 bits per heavy atom. The van der Waals surface area contributed by atoms with Gasteiger partial charge in [0.2, 0.25) is 11.6 Å². The van der Waals surface area contributed by atoms with Gasteiger partial charge in [-0.25, -0.2) is 0 Å². The van der Waals surface area contributed by atoms with Crippen molar-refractivity contribution in [1.82, 2.24) is 0 Å². The molecule has 0 N–H and O–H groups in total. The SMILES string of the molecule is CC(=O)/C(=C(\C)[O-])[N+](=O)[O-].CC(=O)/C(=C(\C)[O-])[N+](=O)[O-].[Cu+2]. The number of carbonyl (C=O) groups excluding carboxylic acids is 2. The van der Waals surface area contributed by atoms with E-state index in [1.54, 1.807) is 0 Å². The van der Waals surface area contributed by atoms with Crippen molar-refractivity contribution in [2.75, 3.05) is 0 Å². The van der Waals surface area contributed by atoms with Crippen LogP contribution in [0, 0.1) is 20.2 Å². The molecule has 0 aromatic carbocycles. The molecule has 0 atom stereocenters. The van der Waals surface area contributed by atoms with Crippen LogP contribution in [0.25, 0.3) is 0 Å². The Morgan fingerprint density at radius 3 is 0.905 bits per heavy atom. The molecule has 121 valence electrons. The van der Waals surface area contributed by atoms with E-state index >= 15 is 0 Å². The molecule has 0 saturated heterocycles. The zero-order valence-corrected chi connectivity index (χ0v) is 12.4. The Morgan fingerprint density at radius 2 is 0.905 bits per heavy atom. The number of nitrogens with zero attached hydrogens (tertiary/aromatic N) is 2. The maximum Gasteiger partial charge on any atom is 2.00 e. The van der Waals surface area contributed by atoms with Gasteiger partial charge in [-0.05, 0) is 13.8 Å². The summed E-state index contributed by atoms with van der Waals surface area (Å²) in [4.78, 5) is 38.5. The Kier molecular flexibility index (Phi) is 11.9. The molecule has 21 heavy (non-hydrogen) atoms. The van der Waals surface area contributed by atoms with Gasteiger partial charge in [-0.2, -0.15) is 0 Å². The third-order valence-electron chi connectivity index (χ3n) is 1.70. The van der Waals surface area contributed by atoms with Crippen LogP contribution in [0.1, 0.15) is 27.7 Å². The topological polar surface area (TPSA) is 167 Å². The summed E-state index contributed by atoms with van der Waals surface area (Å²) < 4.78 is 0. The number of carbonyl (C=O) groups is 2. The fraction of sp³-hybridized carbons (Fsp3) is 0.400. The van der Waals surface area contributed by atoms with Gasteiger partial charge in [0.05, 0.1) is 9.85 Å². The van der Waals surface area contributed by atoms with Gasteiger partial charge in [-0.1, -0.05) is 11.5 Å². The molecule has 0 aliphatic rings. The molecule has 0 bridgehead atoms. The molecule has 0 aliphatic heterocycles. The number of Topliss-reactive ketones (excluding diaryl/α,β-unsaturated/α-hetero) is 2. The Bertz CT molecular complexity index is 423. The predicted molar refractivity (Wildman–Crippen MR) is 60.8 cm³/mol. The van der Waals surface area contributed by atoms with Crippen LogP contribution in [-0.2, 0) is 26.7 Å². The summed E-state index contributed by atoms with van der Waals surface area (Å²) in [5.41, 5.74) is -1.72. The van der Waals surface area contributed by atoms with Gasteiger partial charge in [0, 0.05) is 13.8 Å². The number of ketones is 2. The van der Waals surface area contributed by atoms with Crippen LogP contribution in [0.4, 0.5) is 0 Å². The van der Waals surface area contributed by atoms with Crippen molar-refractivity contribution in [3.8, 4) is 0 Å². The first-order valence-electron chi connectivity index (χ1n) is 4.99. The summed E-state index contributed by atoms with van der Waals surface area (Å²) in [6.07, 6.45) is 0. The van der Waals surface area contributed by atoms with E-state index in [4.69, 9.17) is 0 Å². The summed E-state index contributed by atoms with van der Waals surface area (Å²) in [6.45, 7) is 3.94. The van der Waals surface area contributed by atoms with E-state index in [-0.39, 0.29) is 17.1 Å². The van der Waals surface area contributed by atoms with Crippen molar-refractivity contribution in [3.05, 3.63) is 43.1 Å². The number of hydrogen-bond donors (Lipinski definition) is 0. The summed E-state index contributed by atoms with van der Waals surface area (Å²) in [5, 5.41) is 40.5. The fourth-order valence-corrected chi connectivity index (χ4v) is 1.01. The second-order valence-electron chi connectivity index (χ2n) is 3.44. The molecule has 0 amide bonds. The van der Waals surface area contributed by atoms with E-state index in [0.29, 0.717) is 0 Å². The third-order valence-corrected chi connectivity index (χ3v) is 1.70. The van der Waals surface area contributed by atoms with E-state index in [0.717, 1.165) is 27.7 Å². The normalized spacial score (nSPS) is 11.6. The summed E-state index contributed by atoms with van der Waals surface area (Å²) in [7, 11) is 0. The van der Waals surface area contributed by atoms with Crippen LogP contribution in [0.3, 0.4) is 0 Å². The van der Waals surface area contributed by atoms with Crippen molar-refractivity contribution in [2.24, 2.45) is 0 Å². The zero-order valence-electron chi connectivity index (χ0n) is 11.5. The summed E-state index contributed by atoms with van der Waals surface area (Å²) in [6, 6.07) is 0. The minimum Gasteiger partial charge on any atom is -0.871 e. The quantitative estimate of drug-likeness (QED) is 0.202. The molecule has 0 aliphatic carbocycles. The molecular formula is C10H12CuN2O8. The monoisotopic (exact) mass is 351 g/mol. The maximum absolute atomic E-state index is 10.3. The molecule has 0 rings (SSSR count). The molecule has 0 spiro atoms. The molecule has 0 aromatic rings. The van der Waals surface area contributed by atoms with Gasteiger partial charge in [0.1, 0.15) is 0 Å². The van der Waals surface area contributed by atoms with Crippen molar-refractivity contribution in [2.45, 2.75) is 27.7 Å². The molecule has 1 radical (unpaired) electrons. The summed E-state index contributed by atoms with van der Waals surface area (Å²) in [5.74, 6) is -3.23. The van der Waals surface area contributed by atoms with Gasteiger partial charge in [0.15, 0.2) is 0 Å². The van der Waals surface area contributed by atoms with Gasteiger partial charge >= 0.3 is 17.1 Å². The molecule has 0 heterocycles. The van der Waals surface area contributed by atoms with Crippen LogP contribution in [0.2, 0.25) is 0 Å². The van der Waals surface area contributed by atoms with Crippen LogP contribution in [0.15, 0.2) is 22.9 Å². The molecule has 0 fully saturated rings. The van der Waals surface area contributed by atoms with E-state index < -0.39 is 44.3 Å². The van der Waals surface area contributed by atoms with Crippen molar-refractivity contribution in [3.63, 3.8) is 0 Å². The minimum absolute atomic E-state index is 0. The van der Waals surface area contributed by atoms with Gasteiger partial charge in [0.25, 0.3) is 11.4 Å². The Labute approximate surface area is 129 Å². The Balaban J connectivity index is -0.000000295. The summed E-state index contributed by atoms with van der Waals surface area (Å²) >= 11 is 0. The zero-order chi connectivity index (χ0) is 16.6. The molecule has 0 aromatic heterocycles. The molecule has 10 nitrogen and oxygen atoms in total. The first-order chi connectivity index (χ1) is 8.93. The van der Waals surface area contributed by atoms with Crippen molar-refractivity contribution >= 4 is 11.6 Å². The van der Waals surface area contributed by atoms with E-state index in [2.05, 4.69) is 0 Å². The minimum atomic E-state index is -0.968. The second kappa shape index (κ2) is 10.5. The maximum atomic E-state index is 10.3. The van der Waals surface area contributed by atoms with E-state index in [1.165, 1.54) is 0 Å². The average Bonchev–Trinajstić information content (AvgIpc) is 2.12. The first-order valence-corrected chi connectivity index (χ1v) is 4.99. The number of rotatable bonds is 4. The standard InChI is InChI=1S/2C5H7NO4.Cu/c2*1-3(7)5(4(2)8)6(9)10;/h2*7H,1-2H3;/q;;+2/p-2/b2*5-3-;. The number of allylic oxidation sites excluding steroid dienone is 4. The van der Waals surface area contributed by atoms with E-state index in [1.807, 2.05) is 0 Å². The van der Waals surface area contributed by atoms with Crippen molar-refractivity contribution in [1.29, 1.82) is 0 Å². The molecule has 11 heteroatoms. The van der Waals surface area contributed by atoms with Crippen LogP contribution >= 0.6 is 0 Å². The van der Waals surface area contributed by atoms with Gasteiger partial charge in [-0.3, -0.25) is 29.8 Å². The predicted octanol–water partition coefficient (Wildman–Crippen LogP) is -1.11. The van der Waals surface area contributed by atoms with Gasteiger partial charge < -0.3 is 10.2 Å². The van der Waals surface area contributed by atoms with Crippen molar-refractivity contribution < 1.29 is 46.7 Å². The fourth-order valence-electron chi connectivity index (χ4n) is 1.01. The smallest absolute Gasteiger partial charge is 0.871 e. The van der Waals surface area contributed by atoms with E-state index in [9.17, 15) is 40.0 Å². The third kappa shape index (κ3) is 9.30. The second-order valence-corrected chi connectivity index (χ2v) is 3.44. The molecular weight excluding hydrogens is 340 g/mol. The molecule has 0 saturated carbocycles. The van der Waals surface area contributed by atoms with Crippen LogP contribution < -0.4 is 10.2 Å². The first kappa shape index (κ1) is 23.8.